The largest absolute Gasteiger partial charge is 0.392 e. The van der Waals surface area contributed by atoms with Crippen LogP contribution in [0.3, 0.4) is 0 Å². The van der Waals surface area contributed by atoms with E-state index in [0.29, 0.717) is 12.2 Å². The number of nitrogens with one attached hydrogen (secondary N) is 1. The van der Waals surface area contributed by atoms with Crippen molar-refractivity contribution >= 4 is 15.7 Å². The molecule has 6 nitrogen and oxygen atoms in total. The Kier molecular flexibility index (Phi) is 4.47. The summed E-state index contributed by atoms with van der Waals surface area (Å²) in [5, 5.41) is 17.1. The number of nitrogens with two attached hydrogens (primary N) is 2. The third-order valence-electron chi connectivity index (χ3n) is 2.34. The van der Waals surface area contributed by atoms with E-state index >= 15 is 0 Å². The summed E-state index contributed by atoms with van der Waals surface area (Å²) < 4.78 is 22.0. The molecule has 2 atom stereocenters. The number of sulfonamides is 1. The summed E-state index contributed by atoms with van der Waals surface area (Å²) >= 11 is 0. The Balaban J connectivity index is 2.64. The molecule has 0 aromatic heterocycles. The number of hydrogen-bond acceptors (Lipinski definition) is 5. The second-order valence-electron chi connectivity index (χ2n) is 3.85. The van der Waals surface area contributed by atoms with Gasteiger partial charge in [0.1, 0.15) is 0 Å². The van der Waals surface area contributed by atoms with Gasteiger partial charge in [0.05, 0.1) is 11.0 Å². The molecule has 0 fully saturated rings. The standard InChI is InChI=1S/C10H17N3O3S/c1-7(14)10(11)6-13-8-2-4-9(5-3-8)17(12,15)16/h2-5,7,10,13-14H,6,11H2,1H3,(H2,12,15,16). The molecule has 2 unspecified atom stereocenters. The molecule has 0 saturated heterocycles. The molecule has 0 spiro atoms. The summed E-state index contributed by atoms with van der Waals surface area (Å²) in [6.45, 7) is 2.00. The minimum atomic E-state index is -3.66. The van der Waals surface area contributed by atoms with Crippen LogP contribution in [-0.2, 0) is 10.0 Å². The fourth-order valence-corrected chi connectivity index (χ4v) is 1.68. The highest BCUT2D eigenvalue weighted by Crippen LogP contribution is 2.12. The van der Waals surface area contributed by atoms with E-state index < -0.39 is 16.1 Å². The predicted octanol–water partition coefficient (Wildman–Crippen LogP) is -0.546. The van der Waals surface area contributed by atoms with Crippen LogP contribution in [0.4, 0.5) is 5.69 Å². The molecule has 0 amide bonds. The first-order valence-electron chi connectivity index (χ1n) is 5.11. The molecule has 96 valence electrons. The van der Waals surface area contributed by atoms with Crippen molar-refractivity contribution < 1.29 is 13.5 Å². The van der Waals surface area contributed by atoms with Crippen molar-refractivity contribution in [2.75, 3.05) is 11.9 Å². The molecule has 0 heterocycles. The number of primary sulfonamides is 1. The van der Waals surface area contributed by atoms with E-state index in [1.165, 1.54) is 12.1 Å². The normalized spacial score (nSPS) is 15.3. The number of benzene rings is 1. The SMILES string of the molecule is CC(O)C(N)CNc1ccc(S(N)(=O)=O)cc1. The van der Waals surface area contributed by atoms with Crippen molar-refractivity contribution in [3.8, 4) is 0 Å². The van der Waals surface area contributed by atoms with Gasteiger partial charge in [0.2, 0.25) is 10.0 Å². The highest BCUT2D eigenvalue weighted by Gasteiger charge is 2.09. The van der Waals surface area contributed by atoms with Crippen molar-refractivity contribution in [2.24, 2.45) is 10.9 Å². The van der Waals surface area contributed by atoms with Gasteiger partial charge in [0.25, 0.3) is 0 Å². The maximum Gasteiger partial charge on any atom is 0.238 e. The third-order valence-corrected chi connectivity index (χ3v) is 3.27. The van der Waals surface area contributed by atoms with Gasteiger partial charge in [-0.05, 0) is 31.2 Å². The molecule has 0 aliphatic rings. The monoisotopic (exact) mass is 259 g/mol. The van der Waals surface area contributed by atoms with Crippen LogP contribution >= 0.6 is 0 Å². The highest BCUT2D eigenvalue weighted by molar-refractivity contribution is 7.89. The van der Waals surface area contributed by atoms with E-state index in [2.05, 4.69) is 5.32 Å². The Bertz CT molecular complexity index is 456. The zero-order valence-corrected chi connectivity index (χ0v) is 10.3. The van der Waals surface area contributed by atoms with Gasteiger partial charge in [-0.2, -0.15) is 0 Å². The molecular formula is C10H17N3O3S. The Labute approximate surface area is 101 Å². The van der Waals surface area contributed by atoms with Gasteiger partial charge in [-0.3, -0.25) is 0 Å². The zero-order valence-electron chi connectivity index (χ0n) is 9.50. The van der Waals surface area contributed by atoms with E-state index in [9.17, 15) is 13.5 Å². The predicted molar refractivity (Wildman–Crippen MR) is 66.0 cm³/mol. The number of aliphatic hydroxyl groups excluding tert-OH is 1. The molecule has 1 aromatic carbocycles. The van der Waals surface area contributed by atoms with Gasteiger partial charge in [0, 0.05) is 18.3 Å². The zero-order chi connectivity index (χ0) is 13.1. The van der Waals surface area contributed by atoms with Crippen LogP contribution in [0.1, 0.15) is 6.92 Å². The van der Waals surface area contributed by atoms with Crippen LogP contribution in [0.15, 0.2) is 29.2 Å². The molecule has 0 bridgehead atoms. The lowest BCUT2D eigenvalue weighted by Crippen LogP contribution is -2.38. The Morgan fingerprint density at radius 3 is 2.29 bits per heavy atom. The van der Waals surface area contributed by atoms with E-state index in [-0.39, 0.29) is 10.9 Å². The number of rotatable bonds is 5. The van der Waals surface area contributed by atoms with Gasteiger partial charge in [-0.15, -0.1) is 0 Å². The topological polar surface area (TPSA) is 118 Å². The summed E-state index contributed by atoms with van der Waals surface area (Å²) in [5.41, 5.74) is 6.35. The summed E-state index contributed by atoms with van der Waals surface area (Å²) in [5.74, 6) is 0. The van der Waals surface area contributed by atoms with Crippen molar-refractivity contribution in [2.45, 2.75) is 24.0 Å². The molecule has 0 aliphatic heterocycles. The van der Waals surface area contributed by atoms with Gasteiger partial charge >= 0.3 is 0 Å². The lowest BCUT2D eigenvalue weighted by atomic mass is 10.2. The minimum Gasteiger partial charge on any atom is -0.392 e. The fourth-order valence-electron chi connectivity index (χ4n) is 1.17. The van der Waals surface area contributed by atoms with Crippen LogP contribution in [0, 0.1) is 0 Å². The van der Waals surface area contributed by atoms with Crippen molar-refractivity contribution in [1.82, 2.24) is 0 Å². The van der Waals surface area contributed by atoms with Crippen LogP contribution in [0.25, 0.3) is 0 Å². The molecule has 6 N–H and O–H groups in total. The molecule has 1 rings (SSSR count). The number of aliphatic hydroxyl groups is 1. The van der Waals surface area contributed by atoms with Crippen LogP contribution in [0.2, 0.25) is 0 Å². The molecule has 1 aromatic rings. The minimum absolute atomic E-state index is 0.0582. The summed E-state index contributed by atoms with van der Waals surface area (Å²) in [7, 11) is -3.66. The lowest BCUT2D eigenvalue weighted by molar-refractivity contribution is 0.168. The lowest BCUT2D eigenvalue weighted by Gasteiger charge is -2.16. The van der Waals surface area contributed by atoms with Crippen LogP contribution in [-0.4, -0.2) is 32.2 Å². The second kappa shape index (κ2) is 5.46. The first-order chi connectivity index (χ1) is 7.80. The first kappa shape index (κ1) is 13.9. The van der Waals surface area contributed by atoms with Gasteiger partial charge in [0.15, 0.2) is 0 Å². The van der Waals surface area contributed by atoms with Crippen molar-refractivity contribution in [1.29, 1.82) is 0 Å². The second-order valence-corrected chi connectivity index (χ2v) is 5.42. The molecular weight excluding hydrogens is 242 g/mol. The highest BCUT2D eigenvalue weighted by atomic mass is 32.2. The summed E-state index contributed by atoms with van der Waals surface area (Å²) in [6.07, 6.45) is -0.605. The molecule has 17 heavy (non-hydrogen) atoms. The Morgan fingerprint density at radius 2 is 1.88 bits per heavy atom. The van der Waals surface area contributed by atoms with E-state index in [0.717, 1.165) is 0 Å². The van der Waals surface area contributed by atoms with Crippen molar-refractivity contribution in [3.63, 3.8) is 0 Å². The summed E-state index contributed by atoms with van der Waals surface area (Å²) in [6, 6.07) is 5.62. The quantitative estimate of drug-likeness (QED) is 0.566. The Morgan fingerprint density at radius 1 is 1.35 bits per heavy atom. The van der Waals surface area contributed by atoms with E-state index in [1.54, 1.807) is 19.1 Å². The first-order valence-corrected chi connectivity index (χ1v) is 6.65. The average Bonchev–Trinajstić information content (AvgIpc) is 2.25. The Hall–Kier alpha value is -1.15. The average molecular weight is 259 g/mol. The van der Waals surface area contributed by atoms with E-state index in [1.807, 2.05) is 0 Å². The van der Waals surface area contributed by atoms with Gasteiger partial charge in [-0.25, -0.2) is 13.6 Å². The molecule has 7 heteroatoms. The molecule has 0 saturated carbocycles. The van der Waals surface area contributed by atoms with E-state index in [4.69, 9.17) is 10.9 Å². The number of hydrogen-bond donors (Lipinski definition) is 4. The van der Waals surface area contributed by atoms with Crippen LogP contribution in [0.5, 0.6) is 0 Å². The maximum atomic E-state index is 11.0. The van der Waals surface area contributed by atoms with Crippen LogP contribution < -0.4 is 16.2 Å². The third kappa shape index (κ3) is 4.31. The van der Waals surface area contributed by atoms with Gasteiger partial charge < -0.3 is 16.2 Å². The number of anilines is 1. The van der Waals surface area contributed by atoms with Gasteiger partial charge in [-0.1, -0.05) is 0 Å². The molecule has 0 aliphatic carbocycles. The summed E-state index contributed by atoms with van der Waals surface area (Å²) in [4.78, 5) is 0.0582. The van der Waals surface area contributed by atoms with Crippen molar-refractivity contribution in [3.05, 3.63) is 24.3 Å². The fraction of sp³-hybridized carbons (Fsp3) is 0.400. The smallest absolute Gasteiger partial charge is 0.238 e. The molecule has 0 radical (unpaired) electrons. The maximum absolute atomic E-state index is 11.0.